The first kappa shape index (κ1) is 16.3. The van der Waals surface area contributed by atoms with Gasteiger partial charge in [-0.05, 0) is 37.3 Å². The van der Waals surface area contributed by atoms with Crippen molar-refractivity contribution in [1.82, 2.24) is 9.62 Å². The maximum Gasteiger partial charge on any atom is 0.251 e. The molecule has 22 heavy (non-hydrogen) atoms. The number of rotatable bonds is 5. The second kappa shape index (κ2) is 6.33. The molecule has 2 aromatic rings. The van der Waals surface area contributed by atoms with Crippen LogP contribution in [0.2, 0.25) is 0 Å². The number of carbonyl (C=O) groups excluding carboxylic acids is 1. The molecule has 0 spiro atoms. The number of amides is 1. The fourth-order valence-electron chi connectivity index (χ4n) is 1.90. The normalized spacial score (nSPS) is 13.1. The van der Waals surface area contributed by atoms with E-state index in [0.717, 1.165) is 4.31 Å². The fraction of sp³-hybridized carbons (Fsp3) is 0.267. The summed E-state index contributed by atoms with van der Waals surface area (Å²) in [5, 5.41) is 2.77. The minimum absolute atomic E-state index is 0.0794. The summed E-state index contributed by atoms with van der Waals surface area (Å²) >= 11 is 0. The zero-order valence-electron chi connectivity index (χ0n) is 12.6. The van der Waals surface area contributed by atoms with E-state index in [1.54, 1.807) is 31.2 Å². The number of benzene rings is 1. The van der Waals surface area contributed by atoms with E-state index in [2.05, 4.69) is 5.32 Å². The molecule has 0 saturated heterocycles. The summed E-state index contributed by atoms with van der Waals surface area (Å²) in [5.41, 5.74) is 0.279. The van der Waals surface area contributed by atoms with Gasteiger partial charge in [0.25, 0.3) is 5.91 Å². The topological polar surface area (TPSA) is 79.6 Å². The molecule has 1 amide bonds. The molecule has 1 aromatic carbocycles. The van der Waals surface area contributed by atoms with Gasteiger partial charge >= 0.3 is 0 Å². The Hall–Kier alpha value is -2.12. The van der Waals surface area contributed by atoms with Gasteiger partial charge in [-0.15, -0.1) is 0 Å². The van der Waals surface area contributed by atoms with E-state index in [-0.39, 0.29) is 22.4 Å². The molecule has 1 aromatic heterocycles. The molecule has 1 heterocycles. The van der Waals surface area contributed by atoms with Gasteiger partial charge in [0.1, 0.15) is 5.76 Å². The first-order valence-electron chi connectivity index (χ1n) is 6.69. The van der Waals surface area contributed by atoms with Crippen molar-refractivity contribution in [1.29, 1.82) is 0 Å². The molecule has 6 nitrogen and oxygen atoms in total. The highest BCUT2D eigenvalue weighted by molar-refractivity contribution is 7.89. The lowest BCUT2D eigenvalue weighted by Crippen LogP contribution is -2.27. The van der Waals surface area contributed by atoms with E-state index in [1.165, 1.54) is 32.5 Å². The van der Waals surface area contributed by atoms with E-state index in [4.69, 9.17) is 4.42 Å². The molecular weight excluding hydrogens is 304 g/mol. The molecule has 0 radical (unpaired) electrons. The Morgan fingerprint density at radius 3 is 2.55 bits per heavy atom. The van der Waals surface area contributed by atoms with Crippen LogP contribution in [0.25, 0.3) is 0 Å². The van der Waals surface area contributed by atoms with Crippen molar-refractivity contribution in [2.24, 2.45) is 0 Å². The van der Waals surface area contributed by atoms with E-state index >= 15 is 0 Å². The molecule has 0 bridgehead atoms. The van der Waals surface area contributed by atoms with Gasteiger partial charge in [0, 0.05) is 19.7 Å². The third-order valence-corrected chi connectivity index (χ3v) is 5.00. The lowest BCUT2D eigenvalue weighted by molar-refractivity contribution is 0.0935. The van der Waals surface area contributed by atoms with Gasteiger partial charge in [-0.2, -0.15) is 0 Å². The minimum Gasteiger partial charge on any atom is -0.467 e. The van der Waals surface area contributed by atoms with Gasteiger partial charge in [-0.25, -0.2) is 12.7 Å². The van der Waals surface area contributed by atoms with Gasteiger partial charge in [0.15, 0.2) is 0 Å². The summed E-state index contributed by atoms with van der Waals surface area (Å²) < 4.78 is 30.5. The number of nitrogens with one attached hydrogen (secondary N) is 1. The fourth-order valence-corrected chi connectivity index (χ4v) is 2.85. The lowest BCUT2D eigenvalue weighted by Gasteiger charge is -2.14. The summed E-state index contributed by atoms with van der Waals surface area (Å²) in [5.74, 6) is 0.269. The first-order valence-corrected chi connectivity index (χ1v) is 8.13. The van der Waals surface area contributed by atoms with Crippen LogP contribution in [0.15, 0.2) is 52.0 Å². The van der Waals surface area contributed by atoms with Crippen molar-refractivity contribution in [2.75, 3.05) is 14.1 Å². The molecule has 0 aliphatic carbocycles. The summed E-state index contributed by atoms with van der Waals surface area (Å²) in [7, 11) is -0.679. The molecule has 1 atom stereocenters. The monoisotopic (exact) mass is 322 g/mol. The van der Waals surface area contributed by atoms with Crippen LogP contribution in [0.5, 0.6) is 0 Å². The summed E-state index contributed by atoms with van der Waals surface area (Å²) in [4.78, 5) is 12.3. The average Bonchev–Trinajstić information content (AvgIpc) is 3.01. The van der Waals surface area contributed by atoms with E-state index in [1.807, 2.05) is 0 Å². The Morgan fingerprint density at radius 2 is 1.95 bits per heavy atom. The van der Waals surface area contributed by atoms with Crippen molar-refractivity contribution in [3.63, 3.8) is 0 Å². The zero-order valence-corrected chi connectivity index (χ0v) is 13.4. The van der Waals surface area contributed by atoms with Crippen molar-refractivity contribution >= 4 is 15.9 Å². The van der Waals surface area contributed by atoms with Gasteiger partial charge in [0.2, 0.25) is 10.0 Å². The predicted octanol–water partition coefficient (Wildman–Crippen LogP) is 2.02. The molecule has 0 fully saturated rings. The second-order valence-electron chi connectivity index (χ2n) is 5.03. The first-order chi connectivity index (χ1) is 10.3. The number of nitrogens with zero attached hydrogens (tertiary/aromatic N) is 1. The predicted molar refractivity (Wildman–Crippen MR) is 81.9 cm³/mol. The average molecular weight is 322 g/mol. The Morgan fingerprint density at radius 1 is 1.23 bits per heavy atom. The van der Waals surface area contributed by atoms with Crippen LogP contribution in [0.3, 0.4) is 0 Å². The Balaban J connectivity index is 2.21. The molecule has 0 aliphatic heterocycles. The van der Waals surface area contributed by atoms with Crippen LogP contribution >= 0.6 is 0 Å². The number of sulfonamides is 1. The molecule has 0 aliphatic rings. The third kappa shape index (κ3) is 3.37. The molecule has 0 unspecified atom stereocenters. The largest absolute Gasteiger partial charge is 0.467 e. The number of hydrogen-bond donors (Lipinski definition) is 1. The van der Waals surface area contributed by atoms with Gasteiger partial charge in [0.05, 0.1) is 17.2 Å². The SMILES string of the molecule is C[C@H](NC(=O)c1cccc(S(=O)(=O)N(C)C)c1)c1ccco1. The second-order valence-corrected chi connectivity index (χ2v) is 7.18. The molecule has 2 rings (SSSR count). The van der Waals surface area contributed by atoms with Gasteiger partial charge in [-0.1, -0.05) is 6.07 Å². The minimum atomic E-state index is -3.57. The Kier molecular flexibility index (Phi) is 4.68. The van der Waals surface area contributed by atoms with Crippen LogP contribution in [0, 0.1) is 0 Å². The zero-order chi connectivity index (χ0) is 16.3. The van der Waals surface area contributed by atoms with Crippen LogP contribution in [-0.4, -0.2) is 32.7 Å². The third-order valence-electron chi connectivity index (χ3n) is 3.19. The Labute approximate surface area is 129 Å². The number of carbonyl (C=O) groups is 1. The maximum absolute atomic E-state index is 12.2. The molecular formula is C15H18N2O4S. The molecule has 0 saturated carbocycles. The summed E-state index contributed by atoms with van der Waals surface area (Å²) in [6.07, 6.45) is 1.53. The standard InChI is InChI=1S/C15H18N2O4S/c1-11(14-8-5-9-21-14)16-15(18)12-6-4-7-13(10-12)22(19,20)17(2)3/h4-11H,1-3H3,(H,16,18)/t11-/m0/s1. The van der Waals surface area contributed by atoms with Crippen LogP contribution in [0.4, 0.5) is 0 Å². The summed E-state index contributed by atoms with van der Waals surface area (Å²) in [6.45, 7) is 1.79. The van der Waals surface area contributed by atoms with Crippen LogP contribution in [0.1, 0.15) is 29.1 Å². The highest BCUT2D eigenvalue weighted by Gasteiger charge is 2.19. The van der Waals surface area contributed by atoms with Gasteiger partial charge < -0.3 is 9.73 Å². The van der Waals surface area contributed by atoms with E-state index < -0.39 is 10.0 Å². The van der Waals surface area contributed by atoms with Crippen molar-refractivity contribution in [2.45, 2.75) is 17.9 Å². The quantitative estimate of drug-likeness (QED) is 0.913. The van der Waals surface area contributed by atoms with Crippen molar-refractivity contribution < 1.29 is 17.6 Å². The van der Waals surface area contributed by atoms with Crippen molar-refractivity contribution in [3.05, 3.63) is 54.0 Å². The maximum atomic E-state index is 12.2. The Bertz CT molecular complexity index is 752. The highest BCUT2D eigenvalue weighted by atomic mass is 32.2. The van der Waals surface area contributed by atoms with Gasteiger partial charge in [-0.3, -0.25) is 4.79 Å². The molecule has 7 heteroatoms. The molecule has 118 valence electrons. The lowest BCUT2D eigenvalue weighted by atomic mass is 10.2. The number of hydrogen-bond acceptors (Lipinski definition) is 4. The van der Waals surface area contributed by atoms with E-state index in [0.29, 0.717) is 5.76 Å². The number of furan rings is 1. The van der Waals surface area contributed by atoms with Crippen LogP contribution in [-0.2, 0) is 10.0 Å². The highest BCUT2D eigenvalue weighted by Crippen LogP contribution is 2.17. The van der Waals surface area contributed by atoms with E-state index in [9.17, 15) is 13.2 Å². The van der Waals surface area contributed by atoms with Crippen LogP contribution < -0.4 is 5.32 Å². The molecule has 1 N–H and O–H groups in total. The smallest absolute Gasteiger partial charge is 0.251 e. The summed E-state index contributed by atoms with van der Waals surface area (Å²) in [6, 6.07) is 9.13. The van der Waals surface area contributed by atoms with Crippen molar-refractivity contribution in [3.8, 4) is 0 Å².